The smallest absolute Gasteiger partial charge is 0.254 e. The number of amides is 2. The highest BCUT2D eigenvalue weighted by Crippen LogP contribution is 2.65. The molecule has 2 saturated carbocycles. The standard InChI is InChI=1S/C28H22N4O2/c29-12-16-5-1-2-6-17(16)14-31-15-18(19-7-3-4-8-24(19)31)13-30-32-27(33)25-20-9-10-21(23-11-22(20)23)26(25)28(32)34/h1-10,13,15,20-23,25-26H,11,14H2/t20-,21-,22-,23+,25+,26+/m0/s1. The van der Waals surface area contributed by atoms with Gasteiger partial charge in [0, 0.05) is 29.2 Å². The van der Waals surface area contributed by atoms with Crippen LogP contribution in [0.4, 0.5) is 0 Å². The van der Waals surface area contributed by atoms with E-state index < -0.39 is 0 Å². The average molecular weight is 447 g/mol. The van der Waals surface area contributed by atoms with Crippen LogP contribution < -0.4 is 0 Å². The number of fused-ring (bicyclic) bond motifs is 1. The van der Waals surface area contributed by atoms with E-state index in [1.165, 1.54) is 0 Å². The molecule has 0 radical (unpaired) electrons. The van der Waals surface area contributed by atoms with E-state index in [-0.39, 0.29) is 35.5 Å². The second-order valence-corrected chi connectivity index (χ2v) is 9.89. The topological polar surface area (TPSA) is 78.5 Å². The Hall–Kier alpha value is -3.98. The largest absolute Gasteiger partial charge is 0.342 e. The molecular weight excluding hydrogens is 424 g/mol. The van der Waals surface area contributed by atoms with E-state index in [1.54, 1.807) is 6.21 Å². The maximum Gasteiger partial charge on any atom is 0.254 e. The van der Waals surface area contributed by atoms with Gasteiger partial charge in [-0.05, 0) is 47.8 Å². The number of hydrazone groups is 1. The summed E-state index contributed by atoms with van der Waals surface area (Å²) in [7, 11) is 0. The van der Waals surface area contributed by atoms with Crippen molar-refractivity contribution in [3.05, 3.63) is 83.6 Å². The van der Waals surface area contributed by atoms with Gasteiger partial charge in [0.2, 0.25) is 0 Å². The molecule has 0 spiro atoms. The van der Waals surface area contributed by atoms with E-state index in [2.05, 4.69) is 27.9 Å². The number of carbonyl (C=O) groups excluding carboxylic acids is 2. The molecule has 1 aromatic heterocycles. The molecule has 2 bridgehead atoms. The Labute approximate surface area is 196 Å². The first-order chi connectivity index (χ1) is 16.7. The summed E-state index contributed by atoms with van der Waals surface area (Å²) in [5, 5.41) is 16.0. The Bertz CT molecular complexity index is 1440. The summed E-state index contributed by atoms with van der Waals surface area (Å²) >= 11 is 0. The highest BCUT2D eigenvalue weighted by atomic mass is 16.2. The van der Waals surface area contributed by atoms with Gasteiger partial charge in [0.15, 0.2) is 0 Å². The third kappa shape index (κ3) is 2.64. The van der Waals surface area contributed by atoms with Crippen LogP contribution >= 0.6 is 0 Å². The molecule has 3 fully saturated rings. The summed E-state index contributed by atoms with van der Waals surface area (Å²) in [6.07, 6.45) is 9.10. The Kier molecular flexibility index (Phi) is 4.02. The van der Waals surface area contributed by atoms with Gasteiger partial charge in [0.1, 0.15) is 0 Å². The predicted molar refractivity (Wildman–Crippen MR) is 126 cm³/mol. The van der Waals surface area contributed by atoms with E-state index in [0.29, 0.717) is 23.9 Å². The number of aromatic nitrogens is 1. The van der Waals surface area contributed by atoms with Gasteiger partial charge in [0.25, 0.3) is 11.8 Å². The normalized spacial score (nSPS) is 30.7. The number of rotatable bonds is 4. The van der Waals surface area contributed by atoms with E-state index in [9.17, 15) is 14.9 Å². The summed E-state index contributed by atoms with van der Waals surface area (Å²) in [5.41, 5.74) is 3.42. The molecule has 1 aliphatic heterocycles. The Morgan fingerprint density at radius 3 is 2.38 bits per heavy atom. The first-order valence-electron chi connectivity index (χ1n) is 11.8. The van der Waals surface area contributed by atoms with Crippen LogP contribution in [0.25, 0.3) is 10.9 Å². The molecule has 3 aromatic rings. The van der Waals surface area contributed by atoms with Gasteiger partial charge >= 0.3 is 0 Å². The highest BCUT2D eigenvalue weighted by Gasteiger charge is 2.67. The number of imide groups is 1. The van der Waals surface area contributed by atoms with Gasteiger partial charge in [-0.3, -0.25) is 9.59 Å². The van der Waals surface area contributed by atoms with Crippen molar-refractivity contribution in [2.24, 2.45) is 40.6 Å². The zero-order valence-corrected chi connectivity index (χ0v) is 18.4. The van der Waals surface area contributed by atoms with E-state index in [4.69, 9.17) is 0 Å². The first kappa shape index (κ1) is 19.5. The molecule has 1 saturated heterocycles. The second-order valence-electron chi connectivity index (χ2n) is 9.89. The molecule has 34 heavy (non-hydrogen) atoms. The molecule has 2 amide bonds. The van der Waals surface area contributed by atoms with Crippen LogP contribution in [-0.2, 0) is 16.1 Å². The molecule has 6 nitrogen and oxygen atoms in total. The molecule has 0 unspecified atom stereocenters. The predicted octanol–water partition coefficient (Wildman–Crippen LogP) is 3.95. The lowest BCUT2D eigenvalue weighted by Crippen LogP contribution is -2.40. The SMILES string of the molecule is N#Cc1ccccc1Cn1cc(C=NN2C(=O)[C@@H]3[C@H]4C=C[C@@H]([C@@H]5C[C@H]45)[C@H]3C2=O)c2ccccc21. The summed E-state index contributed by atoms with van der Waals surface area (Å²) in [4.78, 5) is 26.5. The maximum absolute atomic E-state index is 13.2. The lowest BCUT2D eigenvalue weighted by Gasteiger charge is -2.37. The molecule has 6 atom stereocenters. The summed E-state index contributed by atoms with van der Waals surface area (Å²) < 4.78 is 2.08. The fraction of sp³-hybridized carbons (Fsp3) is 0.286. The summed E-state index contributed by atoms with van der Waals surface area (Å²) in [6, 6.07) is 17.8. The quantitative estimate of drug-likeness (QED) is 0.346. The van der Waals surface area contributed by atoms with E-state index in [1.807, 2.05) is 54.7 Å². The van der Waals surface area contributed by atoms with E-state index >= 15 is 0 Å². The molecule has 6 heteroatoms. The Morgan fingerprint density at radius 2 is 1.65 bits per heavy atom. The molecule has 166 valence electrons. The summed E-state index contributed by atoms with van der Waals surface area (Å²) in [6.45, 7) is 0.543. The van der Waals surface area contributed by atoms with Crippen molar-refractivity contribution in [3.8, 4) is 6.07 Å². The number of para-hydroxylation sites is 1. The number of hydrogen-bond acceptors (Lipinski definition) is 4. The van der Waals surface area contributed by atoms with Crippen molar-refractivity contribution >= 4 is 28.9 Å². The summed E-state index contributed by atoms with van der Waals surface area (Å²) in [5.74, 6) is 0.750. The lowest BCUT2D eigenvalue weighted by atomic mass is 9.63. The first-order valence-corrected chi connectivity index (χ1v) is 11.8. The van der Waals surface area contributed by atoms with Gasteiger partial charge in [-0.15, -0.1) is 0 Å². The monoisotopic (exact) mass is 446 g/mol. The van der Waals surface area contributed by atoms with Gasteiger partial charge in [0.05, 0.1) is 29.7 Å². The zero-order chi connectivity index (χ0) is 23.0. The van der Waals surface area contributed by atoms with Crippen molar-refractivity contribution in [2.75, 3.05) is 0 Å². The van der Waals surface area contributed by atoms with Crippen LogP contribution in [0.5, 0.6) is 0 Å². The van der Waals surface area contributed by atoms with Crippen molar-refractivity contribution in [1.82, 2.24) is 9.58 Å². The van der Waals surface area contributed by atoms with Crippen molar-refractivity contribution < 1.29 is 9.59 Å². The lowest BCUT2D eigenvalue weighted by molar-refractivity contribution is -0.140. The number of benzene rings is 2. The minimum absolute atomic E-state index is 0.150. The van der Waals surface area contributed by atoms with Gasteiger partial charge in [-0.25, -0.2) is 0 Å². The maximum atomic E-state index is 13.2. The number of hydrogen-bond donors (Lipinski definition) is 0. The molecule has 2 heterocycles. The fourth-order valence-electron chi connectivity index (χ4n) is 6.63. The van der Waals surface area contributed by atoms with Gasteiger partial charge in [-0.1, -0.05) is 48.6 Å². The van der Waals surface area contributed by atoms with Crippen LogP contribution in [0.3, 0.4) is 0 Å². The Balaban J connectivity index is 1.22. The third-order valence-corrected chi connectivity index (χ3v) is 8.25. The Morgan fingerprint density at radius 1 is 0.971 bits per heavy atom. The van der Waals surface area contributed by atoms with Crippen LogP contribution in [0.1, 0.15) is 23.1 Å². The van der Waals surface area contributed by atoms with Gasteiger partial charge in [-0.2, -0.15) is 15.4 Å². The third-order valence-electron chi connectivity index (χ3n) is 8.25. The van der Waals surface area contributed by atoms with Crippen LogP contribution in [0.2, 0.25) is 0 Å². The van der Waals surface area contributed by atoms with E-state index in [0.717, 1.165) is 33.5 Å². The number of allylic oxidation sites excluding steroid dienone is 2. The molecule has 4 aliphatic carbocycles. The van der Waals surface area contributed by atoms with Crippen molar-refractivity contribution in [2.45, 2.75) is 13.0 Å². The average Bonchev–Trinajstić information content (AvgIpc) is 3.58. The van der Waals surface area contributed by atoms with Crippen LogP contribution in [-0.4, -0.2) is 27.6 Å². The van der Waals surface area contributed by atoms with Crippen LogP contribution in [0.15, 0.2) is 72.0 Å². The van der Waals surface area contributed by atoms with Crippen molar-refractivity contribution in [3.63, 3.8) is 0 Å². The molecule has 8 rings (SSSR count). The molecular formula is C28H22N4O2. The number of nitriles is 1. The number of nitrogens with zero attached hydrogens (tertiary/aromatic N) is 4. The highest BCUT2D eigenvalue weighted by molar-refractivity contribution is 6.07. The molecule has 2 aromatic carbocycles. The minimum Gasteiger partial charge on any atom is -0.342 e. The number of carbonyl (C=O) groups is 2. The molecule has 5 aliphatic rings. The zero-order valence-electron chi connectivity index (χ0n) is 18.4. The molecule has 0 N–H and O–H groups in total. The van der Waals surface area contributed by atoms with Crippen LogP contribution in [0, 0.1) is 46.8 Å². The second kappa shape index (κ2) is 7.01. The van der Waals surface area contributed by atoms with Crippen molar-refractivity contribution in [1.29, 1.82) is 5.26 Å². The fourth-order valence-corrected chi connectivity index (χ4v) is 6.63. The van der Waals surface area contributed by atoms with Gasteiger partial charge < -0.3 is 4.57 Å². The minimum atomic E-state index is -0.243.